The van der Waals surface area contributed by atoms with Gasteiger partial charge in [0.05, 0.1) is 29.7 Å². The summed E-state index contributed by atoms with van der Waals surface area (Å²) in [4.78, 5) is 26.1. The van der Waals surface area contributed by atoms with Gasteiger partial charge in [-0.1, -0.05) is 35.3 Å². The Morgan fingerprint density at radius 1 is 0.926 bits per heavy atom. The lowest BCUT2D eigenvalue weighted by Gasteiger charge is -2.26. The van der Waals surface area contributed by atoms with E-state index in [4.69, 9.17) is 27.9 Å². The zero-order valence-corrected chi connectivity index (χ0v) is 16.0. The number of ether oxygens (including phenoxy) is 1. The third kappa shape index (κ3) is 5.60. The number of carbonyl (C=O) groups excluding carboxylic acids is 2. The first-order valence-corrected chi connectivity index (χ1v) is 9.24. The molecule has 0 unspecified atom stereocenters. The molecule has 27 heavy (non-hydrogen) atoms. The summed E-state index contributed by atoms with van der Waals surface area (Å²) in [6.45, 7) is 2.44. The van der Waals surface area contributed by atoms with Crippen molar-refractivity contribution in [1.82, 2.24) is 4.90 Å². The number of carbonyl (C=O) groups is 2. The third-order valence-electron chi connectivity index (χ3n) is 4.11. The Morgan fingerprint density at radius 2 is 1.56 bits per heavy atom. The number of nitrogens with zero attached hydrogens (tertiary/aromatic N) is 1. The van der Waals surface area contributed by atoms with E-state index in [9.17, 15) is 9.59 Å². The summed E-state index contributed by atoms with van der Waals surface area (Å²) < 4.78 is 5.25. The van der Waals surface area contributed by atoms with Crippen LogP contribution in [0, 0.1) is 0 Å². The second kappa shape index (κ2) is 9.08. The van der Waals surface area contributed by atoms with Crippen LogP contribution in [0.4, 0.5) is 16.2 Å². The average molecular weight is 408 g/mol. The predicted octanol–water partition coefficient (Wildman–Crippen LogP) is 4.04. The lowest BCUT2D eigenvalue weighted by molar-refractivity contribution is -0.134. The van der Waals surface area contributed by atoms with E-state index >= 15 is 0 Å². The van der Waals surface area contributed by atoms with Gasteiger partial charge in [-0.2, -0.15) is 0 Å². The van der Waals surface area contributed by atoms with Crippen LogP contribution in [0.1, 0.15) is 5.56 Å². The van der Waals surface area contributed by atoms with Crippen LogP contribution in [0.25, 0.3) is 0 Å². The second-order valence-corrected chi connectivity index (χ2v) is 6.89. The van der Waals surface area contributed by atoms with Crippen molar-refractivity contribution in [2.24, 2.45) is 0 Å². The van der Waals surface area contributed by atoms with Crippen LogP contribution in [0.5, 0.6) is 0 Å². The molecule has 6 nitrogen and oxygen atoms in total. The van der Waals surface area contributed by atoms with Gasteiger partial charge in [-0.3, -0.25) is 4.79 Å². The van der Waals surface area contributed by atoms with E-state index in [0.29, 0.717) is 54.1 Å². The highest BCUT2D eigenvalue weighted by Crippen LogP contribution is 2.25. The Labute approximate surface area is 167 Å². The van der Waals surface area contributed by atoms with Crippen LogP contribution in [0.15, 0.2) is 42.5 Å². The summed E-state index contributed by atoms with van der Waals surface area (Å²) in [7, 11) is 0. The van der Waals surface area contributed by atoms with Crippen molar-refractivity contribution in [1.29, 1.82) is 0 Å². The number of anilines is 2. The molecule has 3 amide bonds. The van der Waals surface area contributed by atoms with E-state index in [0.717, 1.165) is 5.56 Å². The molecule has 1 heterocycles. The largest absolute Gasteiger partial charge is 0.378 e. The average Bonchev–Trinajstić information content (AvgIpc) is 2.67. The number of morpholine rings is 1. The molecule has 1 saturated heterocycles. The first kappa shape index (κ1) is 19.5. The molecule has 0 bridgehead atoms. The van der Waals surface area contributed by atoms with Crippen molar-refractivity contribution in [3.63, 3.8) is 0 Å². The van der Waals surface area contributed by atoms with Crippen molar-refractivity contribution >= 4 is 46.5 Å². The molecule has 8 heteroatoms. The Kier molecular flexibility index (Phi) is 6.55. The smallest absolute Gasteiger partial charge is 0.323 e. The molecule has 0 saturated carbocycles. The van der Waals surface area contributed by atoms with Crippen molar-refractivity contribution in [2.75, 3.05) is 36.9 Å². The zero-order chi connectivity index (χ0) is 19.2. The minimum Gasteiger partial charge on any atom is -0.378 e. The van der Waals surface area contributed by atoms with Crippen LogP contribution >= 0.6 is 23.2 Å². The van der Waals surface area contributed by atoms with Gasteiger partial charge in [0.2, 0.25) is 5.91 Å². The van der Waals surface area contributed by atoms with Gasteiger partial charge in [0.15, 0.2) is 0 Å². The minimum atomic E-state index is -0.398. The van der Waals surface area contributed by atoms with Crippen LogP contribution < -0.4 is 10.6 Å². The quantitative estimate of drug-likeness (QED) is 0.803. The molecule has 2 aromatic rings. The molecule has 1 fully saturated rings. The third-order valence-corrected chi connectivity index (χ3v) is 4.85. The summed E-state index contributed by atoms with van der Waals surface area (Å²) in [6.07, 6.45) is 0.329. The summed E-state index contributed by atoms with van der Waals surface area (Å²) in [5, 5.41) is 6.20. The number of rotatable bonds is 4. The lowest BCUT2D eigenvalue weighted by atomic mass is 10.1. The summed E-state index contributed by atoms with van der Waals surface area (Å²) in [6, 6.07) is 11.6. The van der Waals surface area contributed by atoms with Crippen molar-refractivity contribution < 1.29 is 14.3 Å². The second-order valence-electron chi connectivity index (χ2n) is 6.07. The highest BCUT2D eigenvalue weighted by molar-refractivity contribution is 6.42. The molecule has 0 atom stereocenters. The lowest BCUT2D eigenvalue weighted by Crippen LogP contribution is -2.41. The highest BCUT2D eigenvalue weighted by Gasteiger charge is 2.16. The summed E-state index contributed by atoms with van der Waals surface area (Å²) >= 11 is 11.8. The number of halogens is 2. The van der Waals surface area contributed by atoms with Crippen LogP contribution in [-0.2, 0) is 16.0 Å². The zero-order valence-electron chi connectivity index (χ0n) is 14.5. The van der Waals surface area contributed by atoms with Crippen LogP contribution in [-0.4, -0.2) is 43.1 Å². The molecular weight excluding hydrogens is 389 g/mol. The maximum Gasteiger partial charge on any atom is 0.323 e. The van der Waals surface area contributed by atoms with Gasteiger partial charge in [0.25, 0.3) is 0 Å². The normalized spacial score (nSPS) is 13.9. The number of urea groups is 1. The summed E-state index contributed by atoms with van der Waals surface area (Å²) in [5.74, 6) is 0.0800. The monoisotopic (exact) mass is 407 g/mol. The topological polar surface area (TPSA) is 70.7 Å². The maximum absolute atomic E-state index is 12.3. The van der Waals surface area contributed by atoms with Gasteiger partial charge in [-0.05, 0) is 35.9 Å². The van der Waals surface area contributed by atoms with E-state index in [1.54, 1.807) is 35.2 Å². The van der Waals surface area contributed by atoms with Crippen molar-refractivity contribution in [3.8, 4) is 0 Å². The van der Waals surface area contributed by atoms with Crippen LogP contribution in [0.2, 0.25) is 10.0 Å². The van der Waals surface area contributed by atoms with Crippen molar-refractivity contribution in [2.45, 2.75) is 6.42 Å². The first-order valence-electron chi connectivity index (χ1n) is 8.49. The van der Waals surface area contributed by atoms with E-state index in [2.05, 4.69) is 10.6 Å². The molecule has 142 valence electrons. The molecule has 1 aliphatic heterocycles. The Balaban J connectivity index is 1.52. The standard InChI is InChI=1S/C19H19Cl2N3O3/c20-16-6-5-15(12-17(16)21)23-19(26)22-14-3-1-13(2-4-14)11-18(25)24-7-9-27-10-8-24/h1-6,12H,7-11H2,(H2,22,23,26). The minimum absolute atomic E-state index is 0.0800. The number of hydrogen-bond donors (Lipinski definition) is 2. The van der Waals surface area contributed by atoms with E-state index < -0.39 is 6.03 Å². The van der Waals surface area contributed by atoms with Gasteiger partial charge in [0, 0.05) is 24.5 Å². The highest BCUT2D eigenvalue weighted by atomic mass is 35.5. The number of amides is 3. The molecule has 3 rings (SSSR count). The molecule has 0 aliphatic carbocycles. The fraction of sp³-hybridized carbons (Fsp3) is 0.263. The van der Waals surface area contributed by atoms with Gasteiger partial charge < -0.3 is 20.3 Å². The molecule has 0 radical (unpaired) electrons. The Bertz CT molecular complexity index is 821. The number of nitrogens with one attached hydrogen (secondary N) is 2. The number of hydrogen-bond acceptors (Lipinski definition) is 3. The molecule has 0 aromatic heterocycles. The molecular formula is C19H19Cl2N3O3. The maximum atomic E-state index is 12.3. The fourth-order valence-corrected chi connectivity index (χ4v) is 2.97. The van der Waals surface area contributed by atoms with Gasteiger partial charge in [-0.15, -0.1) is 0 Å². The predicted molar refractivity (Wildman–Crippen MR) is 107 cm³/mol. The Morgan fingerprint density at radius 3 is 2.22 bits per heavy atom. The van der Waals surface area contributed by atoms with E-state index in [-0.39, 0.29) is 5.91 Å². The summed E-state index contributed by atoms with van der Waals surface area (Å²) in [5.41, 5.74) is 2.05. The van der Waals surface area contributed by atoms with Gasteiger partial charge >= 0.3 is 6.03 Å². The Hall–Kier alpha value is -2.28. The fourth-order valence-electron chi connectivity index (χ4n) is 2.67. The molecule has 2 N–H and O–H groups in total. The number of benzene rings is 2. The van der Waals surface area contributed by atoms with E-state index in [1.807, 2.05) is 12.1 Å². The van der Waals surface area contributed by atoms with Gasteiger partial charge in [0.1, 0.15) is 0 Å². The van der Waals surface area contributed by atoms with E-state index in [1.165, 1.54) is 0 Å². The first-order chi connectivity index (χ1) is 13.0. The molecule has 0 spiro atoms. The molecule has 2 aromatic carbocycles. The SMILES string of the molecule is O=C(Nc1ccc(CC(=O)N2CCOCC2)cc1)Nc1ccc(Cl)c(Cl)c1. The molecule has 1 aliphatic rings. The van der Waals surface area contributed by atoms with Crippen molar-refractivity contribution in [3.05, 3.63) is 58.1 Å². The van der Waals surface area contributed by atoms with Crippen LogP contribution in [0.3, 0.4) is 0 Å². The van der Waals surface area contributed by atoms with Gasteiger partial charge in [-0.25, -0.2) is 4.79 Å².